The van der Waals surface area contributed by atoms with E-state index in [-0.39, 0.29) is 0 Å². The predicted octanol–water partition coefficient (Wildman–Crippen LogP) is 2.37. The largest absolute Gasteiger partial charge is 0.383 e. The van der Waals surface area contributed by atoms with Crippen molar-refractivity contribution in [2.75, 3.05) is 31.7 Å². The van der Waals surface area contributed by atoms with E-state index >= 15 is 0 Å². The standard InChI is InChI=1S/C16H22N4O/c1-3-20(15-7-5-4-6-8-15)16-18-12-14(13-19-16)11-17-9-10-21-2/h4-8,12-13,17H,3,9-11H2,1-2H3. The molecule has 2 aromatic rings. The van der Waals surface area contributed by atoms with Gasteiger partial charge in [0.2, 0.25) is 5.95 Å². The fourth-order valence-corrected chi connectivity index (χ4v) is 2.03. The summed E-state index contributed by atoms with van der Waals surface area (Å²) < 4.78 is 4.99. The lowest BCUT2D eigenvalue weighted by Gasteiger charge is -2.20. The third-order valence-electron chi connectivity index (χ3n) is 3.13. The van der Waals surface area contributed by atoms with E-state index in [2.05, 4.69) is 39.2 Å². The number of hydrogen-bond donors (Lipinski definition) is 1. The molecule has 0 aliphatic rings. The van der Waals surface area contributed by atoms with Gasteiger partial charge in [-0.3, -0.25) is 0 Å². The van der Waals surface area contributed by atoms with E-state index in [1.165, 1.54) is 0 Å². The summed E-state index contributed by atoms with van der Waals surface area (Å²) in [5, 5.41) is 3.28. The van der Waals surface area contributed by atoms with Crippen molar-refractivity contribution < 1.29 is 4.74 Å². The summed E-state index contributed by atoms with van der Waals surface area (Å²) >= 11 is 0. The second-order valence-corrected chi connectivity index (χ2v) is 4.64. The number of aromatic nitrogens is 2. The molecular formula is C16H22N4O. The highest BCUT2D eigenvalue weighted by Gasteiger charge is 2.09. The molecule has 0 fully saturated rings. The Morgan fingerprint density at radius 3 is 2.48 bits per heavy atom. The van der Waals surface area contributed by atoms with Crippen molar-refractivity contribution in [2.45, 2.75) is 13.5 Å². The molecule has 0 spiro atoms. The molecule has 2 rings (SSSR count). The van der Waals surface area contributed by atoms with Crippen LogP contribution in [0.5, 0.6) is 0 Å². The molecule has 0 aliphatic heterocycles. The molecule has 0 unspecified atom stereocenters. The summed E-state index contributed by atoms with van der Waals surface area (Å²) in [5.41, 5.74) is 2.17. The Morgan fingerprint density at radius 1 is 1.14 bits per heavy atom. The number of rotatable bonds is 8. The fourth-order valence-electron chi connectivity index (χ4n) is 2.03. The lowest BCUT2D eigenvalue weighted by Crippen LogP contribution is -2.20. The molecule has 1 aromatic heterocycles. The van der Waals surface area contributed by atoms with Gasteiger partial charge in [-0.2, -0.15) is 0 Å². The third kappa shape index (κ3) is 4.51. The third-order valence-corrected chi connectivity index (χ3v) is 3.13. The zero-order valence-corrected chi connectivity index (χ0v) is 12.6. The summed E-state index contributed by atoms with van der Waals surface area (Å²) in [6.07, 6.45) is 3.74. The Hall–Kier alpha value is -1.98. The van der Waals surface area contributed by atoms with Gasteiger partial charge in [0, 0.05) is 50.4 Å². The van der Waals surface area contributed by atoms with Gasteiger partial charge in [0.05, 0.1) is 6.61 Å². The van der Waals surface area contributed by atoms with Crippen LogP contribution in [0.4, 0.5) is 11.6 Å². The molecule has 0 amide bonds. The van der Waals surface area contributed by atoms with Crippen molar-refractivity contribution in [3.8, 4) is 0 Å². The van der Waals surface area contributed by atoms with Crippen LogP contribution in [0.1, 0.15) is 12.5 Å². The second-order valence-electron chi connectivity index (χ2n) is 4.64. The number of para-hydroxylation sites is 1. The highest BCUT2D eigenvalue weighted by atomic mass is 16.5. The molecule has 112 valence electrons. The molecule has 21 heavy (non-hydrogen) atoms. The molecule has 1 aromatic carbocycles. The Balaban J connectivity index is 2.00. The van der Waals surface area contributed by atoms with Crippen LogP contribution in [0.25, 0.3) is 0 Å². The summed E-state index contributed by atoms with van der Waals surface area (Å²) in [4.78, 5) is 11.0. The zero-order valence-electron chi connectivity index (χ0n) is 12.6. The minimum atomic E-state index is 0.705. The summed E-state index contributed by atoms with van der Waals surface area (Å²) in [7, 11) is 1.70. The Bertz CT molecular complexity index is 516. The first kappa shape index (κ1) is 15.4. The van der Waals surface area contributed by atoms with Crippen LogP contribution in [-0.4, -0.2) is 36.8 Å². The SMILES string of the molecule is CCN(c1ccccc1)c1ncc(CNCCOC)cn1. The number of benzene rings is 1. The summed E-state index contributed by atoms with van der Waals surface area (Å²) in [6.45, 7) is 5.20. The number of methoxy groups -OCH3 is 1. The van der Waals surface area contributed by atoms with Gasteiger partial charge < -0.3 is 15.0 Å². The monoisotopic (exact) mass is 286 g/mol. The van der Waals surface area contributed by atoms with Crippen LogP contribution in [0.15, 0.2) is 42.7 Å². The van der Waals surface area contributed by atoms with Crippen molar-refractivity contribution in [2.24, 2.45) is 0 Å². The number of nitrogens with one attached hydrogen (secondary N) is 1. The van der Waals surface area contributed by atoms with Crippen molar-refractivity contribution >= 4 is 11.6 Å². The van der Waals surface area contributed by atoms with E-state index in [0.717, 1.165) is 36.8 Å². The van der Waals surface area contributed by atoms with E-state index in [9.17, 15) is 0 Å². The maximum absolute atomic E-state index is 4.99. The molecule has 0 aliphatic carbocycles. The van der Waals surface area contributed by atoms with E-state index in [0.29, 0.717) is 6.61 Å². The average molecular weight is 286 g/mol. The van der Waals surface area contributed by atoms with Crippen LogP contribution in [0.2, 0.25) is 0 Å². The first-order chi connectivity index (χ1) is 10.3. The van der Waals surface area contributed by atoms with Crippen LogP contribution in [0.3, 0.4) is 0 Å². The van der Waals surface area contributed by atoms with Gasteiger partial charge in [-0.1, -0.05) is 18.2 Å². The first-order valence-electron chi connectivity index (χ1n) is 7.18. The van der Waals surface area contributed by atoms with Crippen LogP contribution < -0.4 is 10.2 Å². The van der Waals surface area contributed by atoms with Crippen molar-refractivity contribution in [1.29, 1.82) is 0 Å². The Kier molecular flexibility index (Phi) is 6.12. The molecular weight excluding hydrogens is 264 g/mol. The maximum Gasteiger partial charge on any atom is 0.229 e. The normalized spacial score (nSPS) is 10.6. The predicted molar refractivity (Wildman–Crippen MR) is 84.7 cm³/mol. The molecule has 5 heteroatoms. The lowest BCUT2D eigenvalue weighted by atomic mass is 10.3. The van der Waals surface area contributed by atoms with E-state index in [1.54, 1.807) is 7.11 Å². The van der Waals surface area contributed by atoms with E-state index in [1.807, 2.05) is 30.6 Å². The molecule has 1 heterocycles. The van der Waals surface area contributed by atoms with Crippen molar-refractivity contribution in [3.05, 3.63) is 48.3 Å². The highest BCUT2D eigenvalue weighted by Crippen LogP contribution is 2.20. The topological polar surface area (TPSA) is 50.3 Å². The van der Waals surface area contributed by atoms with Crippen LogP contribution in [-0.2, 0) is 11.3 Å². The first-order valence-corrected chi connectivity index (χ1v) is 7.18. The highest BCUT2D eigenvalue weighted by molar-refractivity contribution is 5.56. The van der Waals surface area contributed by atoms with Gasteiger partial charge in [-0.25, -0.2) is 9.97 Å². The molecule has 0 saturated carbocycles. The maximum atomic E-state index is 4.99. The second kappa shape index (κ2) is 8.34. The zero-order chi connectivity index (χ0) is 14.9. The smallest absolute Gasteiger partial charge is 0.229 e. The van der Waals surface area contributed by atoms with Gasteiger partial charge >= 0.3 is 0 Å². The molecule has 5 nitrogen and oxygen atoms in total. The Morgan fingerprint density at radius 2 is 1.86 bits per heavy atom. The molecule has 0 saturated heterocycles. The quantitative estimate of drug-likeness (QED) is 0.755. The average Bonchev–Trinajstić information content (AvgIpc) is 2.55. The lowest BCUT2D eigenvalue weighted by molar-refractivity contribution is 0.199. The van der Waals surface area contributed by atoms with Crippen molar-refractivity contribution in [1.82, 2.24) is 15.3 Å². The van der Waals surface area contributed by atoms with Gasteiger partial charge in [0.1, 0.15) is 0 Å². The minimum absolute atomic E-state index is 0.705. The van der Waals surface area contributed by atoms with Gasteiger partial charge in [-0.05, 0) is 19.1 Å². The van der Waals surface area contributed by atoms with E-state index < -0.39 is 0 Å². The molecule has 0 bridgehead atoms. The number of nitrogens with zero attached hydrogens (tertiary/aromatic N) is 3. The van der Waals surface area contributed by atoms with Gasteiger partial charge in [-0.15, -0.1) is 0 Å². The summed E-state index contributed by atoms with van der Waals surface area (Å²) in [5.74, 6) is 0.726. The van der Waals surface area contributed by atoms with Crippen LogP contribution in [0, 0.1) is 0 Å². The number of hydrogen-bond acceptors (Lipinski definition) is 5. The fraction of sp³-hybridized carbons (Fsp3) is 0.375. The number of ether oxygens (including phenoxy) is 1. The van der Waals surface area contributed by atoms with Gasteiger partial charge in [0.15, 0.2) is 0 Å². The Labute approximate surface area is 126 Å². The molecule has 1 N–H and O–H groups in total. The molecule has 0 radical (unpaired) electrons. The number of anilines is 2. The van der Waals surface area contributed by atoms with E-state index in [4.69, 9.17) is 4.74 Å². The van der Waals surface area contributed by atoms with Crippen LogP contribution >= 0.6 is 0 Å². The van der Waals surface area contributed by atoms with Gasteiger partial charge in [0.25, 0.3) is 0 Å². The summed E-state index contributed by atoms with van der Waals surface area (Å²) in [6, 6.07) is 10.2. The minimum Gasteiger partial charge on any atom is -0.383 e. The molecule has 0 atom stereocenters. The van der Waals surface area contributed by atoms with Crippen molar-refractivity contribution in [3.63, 3.8) is 0 Å².